The number of piperazine rings is 1. The van der Waals surface area contributed by atoms with E-state index in [1.165, 1.54) is 6.08 Å². The molecule has 0 spiro atoms. The molecule has 2 amide bonds. The predicted molar refractivity (Wildman–Crippen MR) is 130 cm³/mol. The topological polar surface area (TPSA) is 66.0 Å². The van der Waals surface area contributed by atoms with E-state index < -0.39 is 0 Å². The molecule has 1 saturated heterocycles. The van der Waals surface area contributed by atoms with Crippen molar-refractivity contribution in [1.29, 1.82) is 0 Å². The van der Waals surface area contributed by atoms with Gasteiger partial charge in [-0.05, 0) is 49.6 Å². The van der Waals surface area contributed by atoms with Crippen molar-refractivity contribution in [3.05, 3.63) is 60.4 Å². The third-order valence-electron chi connectivity index (χ3n) is 6.11. The maximum Gasteiger partial charge on any atom is 0.245 e. The summed E-state index contributed by atoms with van der Waals surface area (Å²) < 4.78 is 5.94. The first-order chi connectivity index (χ1) is 15.8. The Bertz CT molecular complexity index is 1000. The van der Waals surface area contributed by atoms with Gasteiger partial charge in [-0.15, -0.1) is 0 Å². The van der Waals surface area contributed by atoms with Crippen molar-refractivity contribution >= 4 is 11.8 Å². The van der Waals surface area contributed by atoms with E-state index in [1.54, 1.807) is 24.3 Å². The van der Waals surface area contributed by atoms with Gasteiger partial charge >= 0.3 is 0 Å². The molecule has 176 valence electrons. The highest BCUT2D eigenvalue weighted by Gasteiger charge is 2.25. The van der Waals surface area contributed by atoms with Crippen molar-refractivity contribution in [3.63, 3.8) is 0 Å². The summed E-state index contributed by atoms with van der Waals surface area (Å²) in [4.78, 5) is 34.1. The first kappa shape index (κ1) is 24.5. The van der Waals surface area contributed by atoms with Crippen molar-refractivity contribution < 1.29 is 14.3 Å². The third-order valence-corrected chi connectivity index (χ3v) is 6.11. The van der Waals surface area contributed by atoms with Gasteiger partial charge in [0.05, 0.1) is 19.3 Å². The molecule has 33 heavy (non-hydrogen) atoms. The van der Waals surface area contributed by atoms with Crippen molar-refractivity contribution in [2.75, 3.05) is 39.8 Å². The molecule has 0 bridgehead atoms. The first-order valence-corrected chi connectivity index (χ1v) is 11.4. The number of rotatable bonds is 9. The van der Waals surface area contributed by atoms with E-state index in [-0.39, 0.29) is 11.8 Å². The van der Waals surface area contributed by atoms with E-state index >= 15 is 0 Å². The van der Waals surface area contributed by atoms with Gasteiger partial charge in [0.2, 0.25) is 11.8 Å². The maximum atomic E-state index is 12.6. The number of ether oxygens (including phenoxy) is 1. The van der Waals surface area contributed by atoms with Crippen molar-refractivity contribution in [2.45, 2.75) is 33.4 Å². The quantitative estimate of drug-likeness (QED) is 0.549. The maximum absolute atomic E-state index is 12.6. The Labute approximate surface area is 196 Å². The van der Waals surface area contributed by atoms with E-state index in [0.717, 1.165) is 35.3 Å². The van der Waals surface area contributed by atoms with Crippen LogP contribution in [0.2, 0.25) is 0 Å². The molecule has 1 aliphatic rings. The summed E-state index contributed by atoms with van der Waals surface area (Å²) in [5, 5.41) is 0. The molecule has 0 aliphatic carbocycles. The van der Waals surface area contributed by atoms with Crippen molar-refractivity contribution in [3.8, 4) is 16.9 Å². The van der Waals surface area contributed by atoms with Crippen LogP contribution >= 0.6 is 0 Å². The van der Waals surface area contributed by atoms with Gasteiger partial charge in [0.15, 0.2) is 0 Å². The van der Waals surface area contributed by atoms with Crippen molar-refractivity contribution in [2.24, 2.45) is 0 Å². The number of nitrogens with zero attached hydrogens (tertiary/aromatic N) is 4. The number of carbonyl (C=O) groups is 2. The van der Waals surface area contributed by atoms with Gasteiger partial charge in [0, 0.05) is 44.5 Å². The van der Waals surface area contributed by atoms with Gasteiger partial charge in [0.25, 0.3) is 0 Å². The third kappa shape index (κ3) is 6.20. The lowest BCUT2D eigenvalue weighted by Gasteiger charge is -2.36. The van der Waals surface area contributed by atoms with Gasteiger partial charge in [-0.25, -0.2) is 0 Å². The monoisotopic (exact) mass is 450 g/mol. The average Bonchev–Trinajstić information content (AvgIpc) is 2.81. The molecule has 0 saturated carbocycles. The van der Waals surface area contributed by atoms with Gasteiger partial charge < -0.3 is 14.5 Å². The molecule has 0 atom stereocenters. The number of pyridine rings is 1. The largest absolute Gasteiger partial charge is 0.489 e. The number of aryl methyl sites for hydroxylation is 1. The molecular weight excluding hydrogens is 416 g/mol. The normalized spacial score (nSPS) is 14.5. The standard InChI is InChI=1S/C26H34N4O3/c1-6-25(31)28(5)13-14-33-24-16-27-10-9-23(24)21-7-8-22(20(4)15-21)17-30-12-11-29(19(2)3)18-26(30)32/h6-10,15-16,19H,1,11-14,17-18H2,2-5H3. The second kappa shape index (κ2) is 11.1. The fraction of sp³-hybridized carbons (Fsp3) is 0.423. The molecule has 1 aromatic carbocycles. The fourth-order valence-corrected chi connectivity index (χ4v) is 3.87. The van der Waals surface area contributed by atoms with Crippen LogP contribution in [0.25, 0.3) is 11.1 Å². The Morgan fingerprint density at radius 3 is 2.76 bits per heavy atom. The molecule has 3 rings (SSSR count). The summed E-state index contributed by atoms with van der Waals surface area (Å²) in [6.45, 7) is 13.4. The molecule has 7 nitrogen and oxygen atoms in total. The van der Waals surface area contributed by atoms with Crippen LogP contribution in [0.5, 0.6) is 5.75 Å². The number of carbonyl (C=O) groups excluding carboxylic acids is 2. The zero-order valence-electron chi connectivity index (χ0n) is 20.1. The smallest absolute Gasteiger partial charge is 0.245 e. The number of hydrogen-bond donors (Lipinski definition) is 0. The Balaban J connectivity index is 1.68. The lowest BCUT2D eigenvalue weighted by molar-refractivity contribution is -0.137. The van der Waals surface area contributed by atoms with Crippen LogP contribution in [-0.2, 0) is 16.1 Å². The SMILES string of the molecule is C=CC(=O)N(C)CCOc1cnccc1-c1ccc(CN2CCN(C(C)C)CC2=O)c(C)c1. The van der Waals surface area contributed by atoms with Gasteiger partial charge in [0.1, 0.15) is 12.4 Å². The van der Waals surface area contributed by atoms with Gasteiger partial charge in [-0.1, -0.05) is 24.8 Å². The summed E-state index contributed by atoms with van der Waals surface area (Å²) in [5.74, 6) is 0.715. The van der Waals surface area contributed by atoms with Gasteiger partial charge in [-0.3, -0.25) is 19.5 Å². The summed E-state index contributed by atoms with van der Waals surface area (Å²) in [5.41, 5.74) is 4.25. The molecule has 7 heteroatoms. The lowest BCUT2D eigenvalue weighted by Crippen LogP contribution is -2.51. The van der Waals surface area contributed by atoms with Crippen LogP contribution in [0.3, 0.4) is 0 Å². The van der Waals surface area contributed by atoms with Crippen molar-refractivity contribution in [1.82, 2.24) is 19.7 Å². The molecule has 0 N–H and O–H groups in total. The highest BCUT2D eigenvalue weighted by molar-refractivity contribution is 5.86. The van der Waals surface area contributed by atoms with Crippen LogP contribution in [0.4, 0.5) is 0 Å². The first-order valence-electron chi connectivity index (χ1n) is 11.4. The van der Waals surface area contributed by atoms with Gasteiger partial charge in [-0.2, -0.15) is 0 Å². The van der Waals surface area contributed by atoms with Crippen LogP contribution in [0.15, 0.2) is 49.3 Å². The number of likely N-dealkylation sites (N-methyl/N-ethyl adjacent to an activating group) is 1. The fourth-order valence-electron chi connectivity index (χ4n) is 3.87. The molecule has 0 unspecified atom stereocenters. The van der Waals surface area contributed by atoms with E-state index in [1.807, 2.05) is 11.0 Å². The Morgan fingerprint density at radius 1 is 1.30 bits per heavy atom. The molecule has 0 radical (unpaired) electrons. The van der Waals surface area contributed by atoms with Crippen LogP contribution in [0.1, 0.15) is 25.0 Å². The summed E-state index contributed by atoms with van der Waals surface area (Å²) in [6.07, 6.45) is 4.73. The summed E-state index contributed by atoms with van der Waals surface area (Å²) >= 11 is 0. The minimum atomic E-state index is -0.139. The second-order valence-corrected chi connectivity index (χ2v) is 8.70. The number of hydrogen-bond acceptors (Lipinski definition) is 5. The van der Waals surface area contributed by atoms with E-state index in [0.29, 0.717) is 38.0 Å². The number of amides is 2. The van der Waals surface area contributed by atoms with Crippen LogP contribution in [-0.4, -0.2) is 77.4 Å². The number of benzene rings is 1. The molecule has 2 aromatic rings. The van der Waals surface area contributed by atoms with E-state index in [2.05, 4.69) is 55.4 Å². The summed E-state index contributed by atoms with van der Waals surface area (Å²) in [7, 11) is 1.72. The second-order valence-electron chi connectivity index (χ2n) is 8.70. The zero-order chi connectivity index (χ0) is 24.0. The minimum Gasteiger partial charge on any atom is -0.489 e. The molecule has 1 aromatic heterocycles. The van der Waals surface area contributed by atoms with E-state index in [4.69, 9.17) is 4.74 Å². The Hall–Kier alpha value is -3.19. The Kier molecular flexibility index (Phi) is 8.22. The lowest BCUT2D eigenvalue weighted by atomic mass is 9.99. The predicted octanol–water partition coefficient (Wildman–Crippen LogP) is 3.13. The zero-order valence-corrected chi connectivity index (χ0v) is 20.1. The minimum absolute atomic E-state index is 0.139. The average molecular weight is 451 g/mol. The van der Waals surface area contributed by atoms with Crippen LogP contribution < -0.4 is 4.74 Å². The Morgan fingerprint density at radius 2 is 2.09 bits per heavy atom. The van der Waals surface area contributed by atoms with E-state index in [9.17, 15) is 9.59 Å². The highest BCUT2D eigenvalue weighted by atomic mass is 16.5. The molecule has 1 aliphatic heterocycles. The summed E-state index contributed by atoms with van der Waals surface area (Å²) in [6, 6.07) is 8.59. The molecular formula is C26H34N4O3. The van der Waals surface area contributed by atoms with Crippen LogP contribution in [0, 0.1) is 6.92 Å². The molecule has 2 heterocycles. The molecule has 1 fully saturated rings. The highest BCUT2D eigenvalue weighted by Crippen LogP contribution is 2.30. The number of aromatic nitrogens is 1.